The molecule has 0 aromatic heterocycles. The zero-order valence-electron chi connectivity index (χ0n) is 12.2. The quantitative estimate of drug-likeness (QED) is 0.540. The number of aliphatic hydroxyl groups is 4. The Bertz CT molecular complexity index is 492. The minimum atomic E-state index is -1.49. The van der Waals surface area contributed by atoms with Gasteiger partial charge in [-0.3, -0.25) is 0 Å². The van der Waals surface area contributed by atoms with Gasteiger partial charge in [-0.2, -0.15) is 0 Å². The molecule has 0 spiro atoms. The predicted octanol–water partition coefficient (Wildman–Crippen LogP) is -1.12. The third kappa shape index (κ3) is 3.26. The van der Waals surface area contributed by atoms with Crippen LogP contribution in [0.4, 0.5) is 0 Å². The molecular formula is C14H20O8. The van der Waals surface area contributed by atoms with E-state index in [2.05, 4.69) is 0 Å². The lowest BCUT2D eigenvalue weighted by Crippen LogP contribution is -2.60. The Labute approximate surface area is 127 Å². The molecule has 1 aliphatic rings. The maximum Gasteiger partial charge on any atom is 0.229 e. The Balaban J connectivity index is 2.15. The van der Waals surface area contributed by atoms with Gasteiger partial charge in [0.2, 0.25) is 6.29 Å². The van der Waals surface area contributed by atoms with Crippen LogP contribution in [0, 0.1) is 0 Å². The molecule has 8 nitrogen and oxygen atoms in total. The van der Waals surface area contributed by atoms with E-state index in [4.69, 9.17) is 24.1 Å². The summed E-state index contributed by atoms with van der Waals surface area (Å²) in [5.41, 5.74) is 0. The van der Waals surface area contributed by atoms with Gasteiger partial charge in [0.25, 0.3) is 0 Å². The van der Waals surface area contributed by atoms with Gasteiger partial charge in [-0.15, -0.1) is 0 Å². The van der Waals surface area contributed by atoms with E-state index in [1.165, 1.54) is 20.3 Å². The first-order valence-electron chi connectivity index (χ1n) is 6.71. The largest absolute Gasteiger partial charge is 0.493 e. The van der Waals surface area contributed by atoms with Crippen molar-refractivity contribution in [2.24, 2.45) is 0 Å². The predicted molar refractivity (Wildman–Crippen MR) is 73.9 cm³/mol. The van der Waals surface area contributed by atoms with Crippen molar-refractivity contribution in [2.75, 3.05) is 20.8 Å². The topological polar surface area (TPSA) is 118 Å². The Morgan fingerprint density at radius 2 is 1.68 bits per heavy atom. The second-order valence-electron chi connectivity index (χ2n) is 4.83. The minimum absolute atomic E-state index is 0.307. The van der Waals surface area contributed by atoms with Gasteiger partial charge < -0.3 is 39.4 Å². The summed E-state index contributed by atoms with van der Waals surface area (Å²) >= 11 is 0. The average Bonchev–Trinajstić information content (AvgIpc) is 2.55. The summed E-state index contributed by atoms with van der Waals surface area (Å²) in [6.07, 6.45) is -6.65. The maximum atomic E-state index is 9.91. The highest BCUT2D eigenvalue weighted by Crippen LogP contribution is 2.32. The molecule has 22 heavy (non-hydrogen) atoms. The first kappa shape index (κ1) is 16.8. The van der Waals surface area contributed by atoms with Crippen molar-refractivity contribution >= 4 is 0 Å². The van der Waals surface area contributed by atoms with Crippen molar-refractivity contribution in [3.05, 3.63) is 18.2 Å². The summed E-state index contributed by atoms with van der Waals surface area (Å²) in [6.45, 7) is -0.517. The third-order valence-corrected chi connectivity index (χ3v) is 3.46. The number of aliphatic hydroxyl groups excluding tert-OH is 4. The molecular weight excluding hydrogens is 296 g/mol. The average molecular weight is 316 g/mol. The van der Waals surface area contributed by atoms with Gasteiger partial charge in [0, 0.05) is 6.07 Å². The van der Waals surface area contributed by atoms with Crippen LogP contribution in [0.1, 0.15) is 0 Å². The normalized spacial score (nSPS) is 31.6. The second-order valence-corrected chi connectivity index (χ2v) is 4.83. The van der Waals surface area contributed by atoms with Crippen LogP contribution in [-0.2, 0) is 4.74 Å². The molecule has 0 amide bonds. The zero-order valence-corrected chi connectivity index (χ0v) is 12.2. The fraction of sp³-hybridized carbons (Fsp3) is 0.571. The number of ether oxygens (including phenoxy) is 4. The molecule has 2 rings (SSSR count). The van der Waals surface area contributed by atoms with E-state index in [0.717, 1.165) is 0 Å². The van der Waals surface area contributed by atoms with E-state index in [1.54, 1.807) is 12.1 Å². The molecule has 5 unspecified atom stereocenters. The molecule has 1 saturated heterocycles. The van der Waals surface area contributed by atoms with Gasteiger partial charge in [-0.1, -0.05) is 0 Å². The van der Waals surface area contributed by atoms with E-state index in [9.17, 15) is 15.3 Å². The van der Waals surface area contributed by atoms with Crippen LogP contribution in [0.3, 0.4) is 0 Å². The number of methoxy groups -OCH3 is 2. The smallest absolute Gasteiger partial charge is 0.229 e. The zero-order chi connectivity index (χ0) is 16.3. The lowest BCUT2D eigenvalue weighted by molar-refractivity contribution is -0.277. The number of hydrogen-bond acceptors (Lipinski definition) is 8. The number of rotatable bonds is 5. The molecule has 0 bridgehead atoms. The van der Waals surface area contributed by atoms with Crippen LogP contribution in [0.25, 0.3) is 0 Å². The summed E-state index contributed by atoms with van der Waals surface area (Å²) in [7, 11) is 2.96. The Kier molecular flexibility index (Phi) is 5.43. The highest BCUT2D eigenvalue weighted by molar-refractivity contribution is 5.45. The first-order chi connectivity index (χ1) is 10.5. The van der Waals surface area contributed by atoms with Crippen LogP contribution in [0.2, 0.25) is 0 Å². The van der Waals surface area contributed by atoms with Crippen molar-refractivity contribution in [3.8, 4) is 17.2 Å². The first-order valence-corrected chi connectivity index (χ1v) is 6.71. The number of hydrogen-bond donors (Lipinski definition) is 4. The summed E-state index contributed by atoms with van der Waals surface area (Å²) in [5.74, 6) is 1.23. The van der Waals surface area contributed by atoms with Gasteiger partial charge in [0.05, 0.1) is 20.8 Å². The molecule has 124 valence electrons. The van der Waals surface area contributed by atoms with Crippen LogP contribution < -0.4 is 14.2 Å². The van der Waals surface area contributed by atoms with E-state index >= 15 is 0 Å². The van der Waals surface area contributed by atoms with Gasteiger partial charge >= 0.3 is 0 Å². The van der Waals surface area contributed by atoms with Crippen molar-refractivity contribution in [2.45, 2.75) is 30.7 Å². The molecule has 1 aliphatic heterocycles. The van der Waals surface area contributed by atoms with Gasteiger partial charge in [-0.25, -0.2) is 0 Å². The van der Waals surface area contributed by atoms with E-state index in [0.29, 0.717) is 17.2 Å². The van der Waals surface area contributed by atoms with Crippen molar-refractivity contribution in [1.82, 2.24) is 0 Å². The minimum Gasteiger partial charge on any atom is -0.493 e. The summed E-state index contributed by atoms with van der Waals surface area (Å²) in [4.78, 5) is 0. The molecule has 0 radical (unpaired) electrons. The van der Waals surface area contributed by atoms with Gasteiger partial charge in [0.15, 0.2) is 11.5 Å². The lowest BCUT2D eigenvalue weighted by Gasteiger charge is -2.39. The molecule has 0 aliphatic carbocycles. The molecule has 8 heteroatoms. The van der Waals surface area contributed by atoms with Crippen molar-refractivity contribution in [1.29, 1.82) is 0 Å². The van der Waals surface area contributed by atoms with Crippen LogP contribution in [-0.4, -0.2) is 72.0 Å². The van der Waals surface area contributed by atoms with Crippen LogP contribution in [0.15, 0.2) is 18.2 Å². The van der Waals surface area contributed by atoms with Crippen molar-refractivity contribution in [3.63, 3.8) is 0 Å². The number of benzene rings is 1. The van der Waals surface area contributed by atoms with E-state index < -0.39 is 37.3 Å². The van der Waals surface area contributed by atoms with E-state index in [1.807, 2.05) is 0 Å². The van der Waals surface area contributed by atoms with Gasteiger partial charge in [-0.05, 0) is 12.1 Å². The van der Waals surface area contributed by atoms with Crippen LogP contribution >= 0.6 is 0 Å². The second kappa shape index (κ2) is 7.12. The highest BCUT2D eigenvalue weighted by atomic mass is 16.7. The van der Waals surface area contributed by atoms with E-state index in [-0.39, 0.29) is 0 Å². The molecule has 1 aromatic rings. The standard InChI is InChI=1S/C14H20O8/c1-19-8-4-3-7(5-9(8)20-2)21-14-13(18)12(17)11(16)10(6-15)22-14/h3-5,10-18H,6H2,1-2H3. The van der Waals surface area contributed by atoms with Gasteiger partial charge in [0.1, 0.15) is 30.2 Å². The molecule has 1 heterocycles. The SMILES string of the molecule is COc1ccc(OC2OC(CO)C(O)C(O)C2O)cc1OC. The lowest BCUT2D eigenvalue weighted by atomic mass is 9.99. The Hall–Kier alpha value is -1.58. The molecule has 1 fully saturated rings. The molecule has 4 N–H and O–H groups in total. The Morgan fingerprint density at radius 1 is 1.00 bits per heavy atom. The highest BCUT2D eigenvalue weighted by Gasteiger charge is 2.44. The monoisotopic (exact) mass is 316 g/mol. The molecule has 0 saturated carbocycles. The summed E-state index contributed by atoms with van der Waals surface area (Å²) in [6, 6.07) is 4.71. The Morgan fingerprint density at radius 3 is 2.27 bits per heavy atom. The summed E-state index contributed by atoms with van der Waals surface area (Å²) in [5, 5.41) is 38.5. The maximum absolute atomic E-state index is 9.91. The summed E-state index contributed by atoms with van der Waals surface area (Å²) < 4.78 is 21.0. The molecule has 1 aromatic carbocycles. The fourth-order valence-corrected chi connectivity index (χ4v) is 2.19. The van der Waals surface area contributed by atoms with Crippen LogP contribution in [0.5, 0.6) is 17.2 Å². The fourth-order valence-electron chi connectivity index (χ4n) is 2.19. The molecule has 5 atom stereocenters. The van der Waals surface area contributed by atoms with Crippen molar-refractivity contribution < 1.29 is 39.4 Å². The third-order valence-electron chi connectivity index (χ3n) is 3.46.